The summed E-state index contributed by atoms with van der Waals surface area (Å²) in [6.07, 6.45) is 3.85. The third kappa shape index (κ3) is 2.75. The molecule has 6 heteroatoms. The van der Waals surface area contributed by atoms with E-state index in [9.17, 15) is 0 Å². The van der Waals surface area contributed by atoms with Gasteiger partial charge in [0.1, 0.15) is 5.69 Å². The van der Waals surface area contributed by atoms with E-state index >= 15 is 0 Å². The molecule has 0 amide bonds. The van der Waals surface area contributed by atoms with E-state index in [0.29, 0.717) is 6.04 Å². The smallest absolute Gasteiger partial charge is 0.110 e. The molecule has 1 aromatic heterocycles. The van der Waals surface area contributed by atoms with Crippen molar-refractivity contribution in [3.8, 4) is 0 Å². The zero-order valence-corrected chi connectivity index (χ0v) is 10.3. The van der Waals surface area contributed by atoms with Gasteiger partial charge < -0.3 is 5.11 Å². The minimum atomic E-state index is 0.198. The van der Waals surface area contributed by atoms with Gasteiger partial charge in [-0.15, -0.1) is 16.9 Å². The molecule has 5 nitrogen and oxygen atoms in total. The van der Waals surface area contributed by atoms with Crippen LogP contribution in [0.4, 0.5) is 0 Å². The van der Waals surface area contributed by atoms with Gasteiger partial charge >= 0.3 is 0 Å². The van der Waals surface area contributed by atoms with Crippen molar-refractivity contribution < 1.29 is 5.11 Å². The van der Waals surface area contributed by atoms with E-state index in [1.54, 1.807) is 4.68 Å². The van der Waals surface area contributed by atoms with E-state index < -0.39 is 0 Å². The summed E-state index contributed by atoms with van der Waals surface area (Å²) >= 11 is 1.89. The number of hydrogen-bond acceptors (Lipinski definition) is 5. The standard InChI is InChI=1S/C10H18N4OS/c1-2-8-7-16-10(11-8)9-6-14(13-12-9)4-3-5-15/h6,8,10-11,15H,2-5,7H2,1H3. The zero-order valence-electron chi connectivity index (χ0n) is 9.46. The number of aliphatic hydroxyl groups is 1. The van der Waals surface area contributed by atoms with E-state index in [0.717, 1.165) is 30.8 Å². The Hall–Kier alpha value is -0.590. The lowest BCUT2D eigenvalue weighted by Crippen LogP contribution is -2.24. The maximum atomic E-state index is 8.73. The average Bonchev–Trinajstić information content (AvgIpc) is 2.94. The highest BCUT2D eigenvalue weighted by Crippen LogP contribution is 2.32. The van der Waals surface area contributed by atoms with Crippen LogP contribution in [0.25, 0.3) is 0 Å². The molecule has 1 aliphatic rings. The first-order valence-electron chi connectivity index (χ1n) is 5.72. The summed E-state index contributed by atoms with van der Waals surface area (Å²) in [6.45, 7) is 3.13. The predicted molar refractivity (Wildman–Crippen MR) is 64.1 cm³/mol. The largest absolute Gasteiger partial charge is 0.396 e. The lowest BCUT2D eigenvalue weighted by Gasteiger charge is -2.08. The van der Waals surface area contributed by atoms with E-state index in [-0.39, 0.29) is 12.0 Å². The molecule has 1 aromatic rings. The van der Waals surface area contributed by atoms with Gasteiger partial charge in [-0.1, -0.05) is 12.1 Å². The van der Waals surface area contributed by atoms with Gasteiger partial charge in [0.05, 0.1) is 11.6 Å². The van der Waals surface area contributed by atoms with Crippen LogP contribution in [-0.2, 0) is 6.54 Å². The van der Waals surface area contributed by atoms with Crippen molar-refractivity contribution in [2.75, 3.05) is 12.4 Å². The van der Waals surface area contributed by atoms with Crippen LogP contribution in [0.2, 0.25) is 0 Å². The summed E-state index contributed by atoms with van der Waals surface area (Å²) in [6, 6.07) is 0.595. The Labute approximate surface area is 99.6 Å². The van der Waals surface area contributed by atoms with E-state index in [1.165, 1.54) is 0 Å². The minimum Gasteiger partial charge on any atom is -0.396 e. The number of aryl methyl sites for hydroxylation is 1. The number of nitrogens with one attached hydrogen (secondary N) is 1. The molecular formula is C10H18N4OS. The Morgan fingerprint density at radius 1 is 1.69 bits per heavy atom. The van der Waals surface area contributed by atoms with Gasteiger partial charge in [-0.25, -0.2) is 0 Å². The van der Waals surface area contributed by atoms with Crippen molar-refractivity contribution in [2.24, 2.45) is 0 Å². The van der Waals surface area contributed by atoms with Crippen molar-refractivity contribution in [1.29, 1.82) is 0 Å². The molecule has 2 unspecified atom stereocenters. The molecule has 2 heterocycles. The second-order valence-electron chi connectivity index (χ2n) is 3.97. The van der Waals surface area contributed by atoms with Crippen LogP contribution in [0.15, 0.2) is 6.20 Å². The lowest BCUT2D eigenvalue weighted by atomic mass is 10.2. The Morgan fingerprint density at radius 3 is 3.25 bits per heavy atom. The lowest BCUT2D eigenvalue weighted by molar-refractivity contribution is 0.276. The van der Waals surface area contributed by atoms with Crippen molar-refractivity contribution >= 4 is 11.8 Å². The fraction of sp³-hybridized carbons (Fsp3) is 0.800. The van der Waals surface area contributed by atoms with Gasteiger partial charge in [-0.2, -0.15) is 0 Å². The van der Waals surface area contributed by atoms with Crippen LogP contribution in [-0.4, -0.2) is 38.5 Å². The molecule has 1 aliphatic heterocycles. The maximum absolute atomic E-state index is 8.73. The molecule has 90 valence electrons. The highest BCUT2D eigenvalue weighted by molar-refractivity contribution is 7.99. The third-order valence-corrected chi connectivity index (χ3v) is 4.02. The van der Waals surface area contributed by atoms with Crippen molar-refractivity contribution in [3.05, 3.63) is 11.9 Å². The molecule has 0 saturated carbocycles. The van der Waals surface area contributed by atoms with Crippen molar-refractivity contribution in [3.63, 3.8) is 0 Å². The molecule has 16 heavy (non-hydrogen) atoms. The van der Waals surface area contributed by atoms with Gasteiger partial charge in [-0.05, 0) is 12.8 Å². The first-order chi connectivity index (χ1) is 7.83. The number of aliphatic hydroxyl groups excluding tert-OH is 1. The molecular weight excluding hydrogens is 224 g/mol. The van der Waals surface area contributed by atoms with Crippen molar-refractivity contribution in [1.82, 2.24) is 20.3 Å². The zero-order chi connectivity index (χ0) is 11.4. The monoisotopic (exact) mass is 242 g/mol. The SMILES string of the molecule is CCC1CSC(c2cn(CCCO)nn2)N1. The number of nitrogens with zero attached hydrogens (tertiary/aromatic N) is 3. The molecule has 0 aromatic carbocycles. The summed E-state index contributed by atoms with van der Waals surface area (Å²) in [5, 5.41) is 20.8. The van der Waals surface area contributed by atoms with Gasteiger partial charge in [0.2, 0.25) is 0 Å². The van der Waals surface area contributed by atoms with Gasteiger partial charge in [0, 0.05) is 24.9 Å². The normalized spacial score (nSPS) is 25.1. The molecule has 0 spiro atoms. The van der Waals surface area contributed by atoms with Crippen LogP contribution in [0.5, 0.6) is 0 Å². The number of aromatic nitrogens is 3. The Balaban J connectivity index is 1.92. The Kier molecular flexibility index (Phi) is 4.20. The van der Waals surface area contributed by atoms with Crippen LogP contribution in [0, 0.1) is 0 Å². The molecule has 0 radical (unpaired) electrons. The Bertz CT molecular complexity index is 330. The fourth-order valence-electron chi connectivity index (χ4n) is 1.70. The molecule has 0 aliphatic carbocycles. The number of hydrogen-bond donors (Lipinski definition) is 2. The summed E-state index contributed by atoms with van der Waals surface area (Å²) in [5.41, 5.74) is 0.999. The average molecular weight is 242 g/mol. The quantitative estimate of drug-likeness (QED) is 0.798. The highest BCUT2D eigenvalue weighted by atomic mass is 32.2. The van der Waals surface area contributed by atoms with Crippen LogP contribution < -0.4 is 5.32 Å². The van der Waals surface area contributed by atoms with E-state index in [1.807, 2.05) is 18.0 Å². The summed E-state index contributed by atoms with van der Waals surface area (Å²) in [4.78, 5) is 0. The summed E-state index contributed by atoms with van der Waals surface area (Å²) < 4.78 is 1.80. The molecule has 1 saturated heterocycles. The predicted octanol–water partition coefficient (Wildman–Crippen LogP) is 0.774. The number of thioether (sulfide) groups is 1. The van der Waals surface area contributed by atoms with Gasteiger partial charge in [-0.3, -0.25) is 10.00 Å². The first kappa shape index (κ1) is 11.9. The first-order valence-corrected chi connectivity index (χ1v) is 6.77. The molecule has 2 rings (SSSR count). The molecule has 2 atom stereocenters. The molecule has 2 N–H and O–H groups in total. The highest BCUT2D eigenvalue weighted by Gasteiger charge is 2.26. The Morgan fingerprint density at radius 2 is 2.56 bits per heavy atom. The summed E-state index contributed by atoms with van der Waals surface area (Å²) in [7, 11) is 0. The molecule has 0 bridgehead atoms. The summed E-state index contributed by atoms with van der Waals surface area (Å²) in [5.74, 6) is 1.14. The minimum absolute atomic E-state index is 0.198. The van der Waals surface area contributed by atoms with Crippen LogP contribution >= 0.6 is 11.8 Å². The molecule has 1 fully saturated rings. The second-order valence-corrected chi connectivity index (χ2v) is 5.11. The number of rotatable bonds is 5. The van der Waals surface area contributed by atoms with Crippen LogP contribution in [0.1, 0.15) is 30.8 Å². The third-order valence-electron chi connectivity index (χ3n) is 2.71. The van der Waals surface area contributed by atoms with Gasteiger partial charge in [0.25, 0.3) is 0 Å². The van der Waals surface area contributed by atoms with E-state index in [4.69, 9.17) is 5.11 Å². The van der Waals surface area contributed by atoms with Gasteiger partial charge in [0.15, 0.2) is 0 Å². The topological polar surface area (TPSA) is 63.0 Å². The van der Waals surface area contributed by atoms with E-state index in [2.05, 4.69) is 22.6 Å². The van der Waals surface area contributed by atoms with Crippen molar-refractivity contribution in [2.45, 2.75) is 37.7 Å². The second kappa shape index (κ2) is 5.65. The maximum Gasteiger partial charge on any atom is 0.110 e. The van der Waals surface area contributed by atoms with Crippen LogP contribution in [0.3, 0.4) is 0 Å². The fourth-order valence-corrected chi connectivity index (χ4v) is 3.03.